The summed E-state index contributed by atoms with van der Waals surface area (Å²) in [6, 6.07) is 14.4. The smallest absolute Gasteiger partial charge is 0.318 e. The molecule has 2 aromatic rings. The first kappa shape index (κ1) is 27.8. The summed E-state index contributed by atoms with van der Waals surface area (Å²) in [5.74, 6) is 0.493. The number of nitrogens with one attached hydrogen (secondary N) is 2. The SMILES string of the molecule is COc1ccc(C(=O)N2CCN(c3ccc(NC(=O)CN(C(=O)NC(C)(C)C)C(C)C)cc3)CC2)cc1. The molecule has 1 saturated heterocycles. The molecule has 9 nitrogen and oxygen atoms in total. The molecule has 200 valence electrons. The second-order valence-corrected chi connectivity index (χ2v) is 10.5. The minimum absolute atomic E-state index is 0.0204. The van der Waals surface area contributed by atoms with E-state index in [2.05, 4.69) is 15.5 Å². The molecule has 9 heteroatoms. The van der Waals surface area contributed by atoms with E-state index in [0.29, 0.717) is 24.3 Å². The number of urea groups is 1. The molecule has 0 radical (unpaired) electrons. The summed E-state index contributed by atoms with van der Waals surface area (Å²) >= 11 is 0. The van der Waals surface area contributed by atoms with Crippen LogP contribution in [-0.4, -0.2) is 79.1 Å². The molecule has 0 unspecified atom stereocenters. The average Bonchev–Trinajstić information content (AvgIpc) is 2.86. The van der Waals surface area contributed by atoms with Gasteiger partial charge in [-0.3, -0.25) is 9.59 Å². The molecule has 0 atom stereocenters. The maximum Gasteiger partial charge on any atom is 0.318 e. The quantitative estimate of drug-likeness (QED) is 0.592. The predicted molar refractivity (Wildman–Crippen MR) is 146 cm³/mol. The van der Waals surface area contributed by atoms with Crippen molar-refractivity contribution in [3.63, 3.8) is 0 Å². The number of piperazine rings is 1. The maximum atomic E-state index is 12.8. The average molecular weight is 510 g/mol. The summed E-state index contributed by atoms with van der Waals surface area (Å²) in [5, 5.41) is 5.79. The van der Waals surface area contributed by atoms with Gasteiger partial charge in [0.15, 0.2) is 0 Å². The van der Waals surface area contributed by atoms with Crippen molar-refractivity contribution in [3.8, 4) is 5.75 Å². The standard InChI is InChI=1S/C28H39N5O4/c1-20(2)33(27(36)30-28(3,4)5)19-25(34)29-22-9-11-23(12-10-22)31-15-17-32(18-16-31)26(35)21-7-13-24(37-6)14-8-21/h7-14,20H,15-19H2,1-6H3,(H,29,34)(H,30,36). The Hall–Kier alpha value is -3.75. The van der Waals surface area contributed by atoms with Gasteiger partial charge in [0, 0.05) is 54.7 Å². The zero-order valence-electron chi connectivity index (χ0n) is 22.7. The number of hydrogen-bond acceptors (Lipinski definition) is 5. The van der Waals surface area contributed by atoms with Crippen LogP contribution in [0.4, 0.5) is 16.2 Å². The molecule has 0 aromatic heterocycles. The van der Waals surface area contributed by atoms with E-state index < -0.39 is 0 Å². The zero-order valence-corrected chi connectivity index (χ0v) is 22.7. The van der Waals surface area contributed by atoms with Crippen molar-refractivity contribution < 1.29 is 19.1 Å². The van der Waals surface area contributed by atoms with Gasteiger partial charge >= 0.3 is 6.03 Å². The van der Waals surface area contributed by atoms with E-state index >= 15 is 0 Å². The minimum Gasteiger partial charge on any atom is -0.497 e. The molecule has 1 aliphatic rings. The Morgan fingerprint density at radius 1 is 0.946 bits per heavy atom. The minimum atomic E-state index is -0.384. The van der Waals surface area contributed by atoms with Gasteiger partial charge in [-0.2, -0.15) is 0 Å². The van der Waals surface area contributed by atoms with Crippen LogP contribution in [0.15, 0.2) is 48.5 Å². The molecule has 1 heterocycles. The lowest BCUT2D eigenvalue weighted by atomic mass is 10.1. The molecule has 0 saturated carbocycles. The summed E-state index contributed by atoms with van der Waals surface area (Å²) in [6.07, 6.45) is 0. The van der Waals surface area contributed by atoms with E-state index in [0.717, 1.165) is 24.5 Å². The van der Waals surface area contributed by atoms with Gasteiger partial charge in [0.2, 0.25) is 5.91 Å². The van der Waals surface area contributed by atoms with E-state index in [1.165, 1.54) is 4.90 Å². The third-order valence-corrected chi connectivity index (χ3v) is 6.10. The second-order valence-electron chi connectivity index (χ2n) is 10.5. The van der Waals surface area contributed by atoms with Crippen molar-refractivity contribution in [2.24, 2.45) is 0 Å². The van der Waals surface area contributed by atoms with Crippen LogP contribution in [0.1, 0.15) is 45.0 Å². The number of amides is 4. The predicted octanol–water partition coefficient (Wildman–Crippen LogP) is 3.81. The number of rotatable bonds is 7. The van der Waals surface area contributed by atoms with Crippen LogP contribution in [0, 0.1) is 0 Å². The lowest BCUT2D eigenvalue weighted by Crippen LogP contribution is -2.52. The van der Waals surface area contributed by atoms with Gasteiger partial charge in [0.05, 0.1) is 7.11 Å². The maximum absolute atomic E-state index is 12.8. The molecule has 1 aliphatic heterocycles. The first-order valence-corrected chi connectivity index (χ1v) is 12.6. The largest absolute Gasteiger partial charge is 0.497 e. The van der Waals surface area contributed by atoms with Gasteiger partial charge in [0.1, 0.15) is 12.3 Å². The van der Waals surface area contributed by atoms with Crippen LogP contribution in [0.3, 0.4) is 0 Å². The van der Waals surface area contributed by atoms with Gasteiger partial charge in [-0.1, -0.05) is 0 Å². The van der Waals surface area contributed by atoms with Crippen molar-refractivity contribution in [1.29, 1.82) is 0 Å². The van der Waals surface area contributed by atoms with E-state index in [1.54, 1.807) is 31.4 Å². The topological polar surface area (TPSA) is 94.2 Å². The lowest BCUT2D eigenvalue weighted by Gasteiger charge is -2.36. The summed E-state index contributed by atoms with van der Waals surface area (Å²) in [4.78, 5) is 43.6. The van der Waals surface area contributed by atoms with E-state index in [1.807, 2.05) is 63.8 Å². The normalized spacial score (nSPS) is 13.8. The Labute approximate surface area is 219 Å². The van der Waals surface area contributed by atoms with Crippen LogP contribution in [0.25, 0.3) is 0 Å². The van der Waals surface area contributed by atoms with Crippen LogP contribution < -0.4 is 20.3 Å². The summed E-state index contributed by atoms with van der Waals surface area (Å²) in [5.41, 5.74) is 1.97. The van der Waals surface area contributed by atoms with Crippen LogP contribution >= 0.6 is 0 Å². The lowest BCUT2D eigenvalue weighted by molar-refractivity contribution is -0.117. The highest BCUT2D eigenvalue weighted by Crippen LogP contribution is 2.21. The van der Waals surface area contributed by atoms with Gasteiger partial charge in [-0.25, -0.2) is 4.79 Å². The number of carbonyl (C=O) groups is 3. The van der Waals surface area contributed by atoms with Crippen LogP contribution in [-0.2, 0) is 4.79 Å². The molecular formula is C28H39N5O4. The Bertz CT molecular complexity index is 1070. The van der Waals surface area contributed by atoms with Gasteiger partial charge in [-0.15, -0.1) is 0 Å². The fourth-order valence-electron chi connectivity index (χ4n) is 4.08. The van der Waals surface area contributed by atoms with Crippen molar-refractivity contribution in [2.75, 3.05) is 50.1 Å². The molecule has 3 rings (SSSR count). The van der Waals surface area contributed by atoms with E-state index in [-0.39, 0.29) is 36.0 Å². The van der Waals surface area contributed by atoms with Crippen LogP contribution in [0.2, 0.25) is 0 Å². The fraction of sp³-hybridized carbons (Fsp3) is 0.464. The molecule has 4 amide bonds. The van der Waals surface area contributed by atoms with Crippen molar-refractivity contribution in [2.45, 2.75) is 46.2 Å². The highest BCUT2D eigenvalue weighted by atomic mass is 16.5. The highest BCUT2D eigenvalue weighted by Gasteiger charge is 2.25. The molecule has 1 fully saturated rings. The van der Waals surface area contributed by atoms with Gasteiger partial charge < -0.3 is 30.1 Å². The molecule has 37 heavy (non-hydrogen) atoms. The Morgan fingerprint density at radius 3 is 2.05 bits per heavy atom. The van der Waals surface area contributed by atoms with Crippen molar-refractivity contribution >= 4 is 29.2 Å². The Morgan fingerprint density at radius 2 is 1.54 bits per heavy atom. The number of benzene rings is 2. The second kappa shape index (κ2) is 12.0. The van der Waals surface area contributed by atoms with Crippen LogP contribution in [0.5, 0.6) is 5.75 Å². The molecular weight excluding hydrogens is 470 g/mol. The Kier molecular flexibility index (Phi) is 9.02. The molecule has 2 aromatic carbocycles. The third-order valence-electron chi connectivity index (χ3n) is 6.10. The first-order chi connectivity index (χ1) is 17.5. The monoisotopic (exact) mass is 509 g/mol. The number of methoxy groups -OCH3 is 1. The molecule has 0 bridgehead atoms. The van der Waals surface area contributed by atoms with Gasteiger partial charge in [-0.05, 0) is 83.1 Å². The van der Waals surface area contributed by atoms with Crippen molar-refractivity contribution in [1.82, 2.24) is 15.1 Å². The number of carbonyl (C=O) groups excluding carboxylic acids is 3. The molecule has 0 spiro atoms. The summed E-state index contributed by atoms with van der Waals surface area (Å²) in [7, 11) is 1.60. The summed E-state index contributed by atoms with van der Waals surface area (Å²) in [6.45, 7) is 12.2. The number of anilines is 2. The number of hydrogen-bond donors (Lipinski definition) is 2. The highest BCUT2D eigenvalue weighted by molar-refractivity contribution is 5.95. The molecule has 2 N–H and O–H groups in total. The van der Waals surface area contributed by atoms with E-state index in [9.17, 15) is 14.4 Å². The number of nitrogens with zero attached hydrogens (tertiary/aromatic N) is 3. The van der Waals surface area contributed by atoms with Crippen molar-refractivity contribution in [3.05, 3.63) is 54.1 Å². The fourth-order valence-corrected chi connectivity index (χ4v) is 4.08. The van der Waals surface area contributed by atoms with E-state index in [4.69, 9.17) is 4.74 Å². The van der Waals surface area contributed by atoms with Gasteiger partial charge in [0.25, 0.3) is 5.91 Å². The zero-order chi connectivity index (χ0) is 27.2. The first-order valence-electron chi connectivity index (χ1n) is 12.6. The summed E-state index contributed by atoms with van der Waals surface area (Å²) < 4.78 is 5.17. The Balaban J connectivity index is 1.52. The third kappa shape index (κ3) is 7.87. The molecule has 0 aliphatic carbocycles. The number of ether oxygens (including phenoxy) is 1.